The Balaban J connectivity index is 2.72. The molecule has 10 heavy (non-hydrogen) atoms. The fourth-order valence-corrected chi connectivity index (χ4v) is 1.52. The SMILES string of the molecule is CCCCCSCCC#N. The first kappa shape index (κ1) is 9.84. The smallest absolute Gasteiger partial charge is 0.0630 e. The number of nitrogens with zero attached hydrogens (tertiary/aromatic N) is 1. The Kier molecular flexibility index (Phi) is 8.70. The summed E-state index contributed by atoms with van der Waals surface area (Å²) in [5.41, 5.74) is 0. The number of thioether (sulfide) groups is 1. The molecule has 0 N–H and O–H groups in total. The van der Waals surface area contributed by atoms with Gasteiger partial charge in [-0.1, -0.05) is 19.8 Å². The van der Waals surface area contributed by atoms with Crippen molar-refractivity contribution in [3.63, 3.8) is 0 Å². The lowest BCUT2D eigenvalue weighted by atomic mass is 10.3. The van der Waals surface area contributed by atoms with Crippen LogP contribution in [0.5, 0.6) is 0 Å². The fraction of sp³-hybridized carbons (Fsp3) is 0.875. The van der Waals surface area contributed by atoms with Gasteiger partial charge in [-0.05, 0) is 12.2 Å². The predicted molar refractivity (Wildman–Crippen MR) is 47.1 cm³/mol. The number of rotatable bonds is 6. The normalized spacial score (nSPS) is 9.20. The number of hydrogen-bond donors (Lipinski definition) is 0. The Labute approximate surface area is 67.8 Å². The molecule has 0 atom stereocenters. The van der Waals surface area contributed by atoms with E-state index in [-0.39, 0.29) is 0 Å². The summed E-state index contributed by atoms with van der Waals surface area (Å²) in [5.74, 6) is 2.25. The zero-order valence-corrected chi connectivity index (χ0v) is 7.41. The zero-order valence-electron chi connectivity index (χ0n) is 6.60. The zero-order chi connectivity index (χ0) is 7.66. The molecule has 0 spiro atoms. The third-order valence-electron chi connectivity index (χ3n) is 1.25. The van der Waals surface area contributed by atoms with Gasteiger partial charge in [0, 0.05) is 12.2 Å². The van der Waals surface area contributed by atoms with E-state index in [0.29, 0.717) is 6.42 Å². The van der Waals surface area contributed by atoms with Gasteiger partial charge < -0.3 is 0 Å². The number of unbranched alkanes of at least 4 members (excludes halogenated alkanes) is 2. The van der Waals surface area contributed by atoms with E-state index in [1.165, 1.54) is 25.0 Å². The first-order chi connectivity index (χ1) is 4.91. The highest BCUT2D eigenvalue weighted by atomic mass is 32.2. The maximum absolute atomic E-state index is 8.21. The Morgan fingerprint density at radius 3 is 2.70 bits per heavy atom. The highest BCUT2D eigenvalue weighted by Crippen LogP contribution is 2.06. The van der Waals surface area contributed by atoms with Gasteiger partial charge in [-0.15, -0.1) is 0 Å². The largest absolute Gasteiger partial charge is 0.198 e. The molecule has 0 fully saturated rings. The lowest BCUT2D eigenvalue weighted by Crippen LogP contribution is -1.82. The molecule has 0 unspecified atom stereocenters. The number of hydrogen-bond acceptors (Lipinski definition) is 2. The van der Waals surface area contributed by atoms with Crippen LogP contribution in [0.2, 0.25) is 0 Å². The van der Waals surface area contributed by atoms with Crippen LogP contribution in [-0.2, 0) is 0 Å². The third kappa shape index (κ3) is 7.84. The van der Waals surface area contributed by atoms with Crippen molar-refractivity contribution in [1.82, 2.24) is 0 Å². The van der Waals surface area contributed by atoms with Crippen molar-refractivity contribution in [2.45, 2.75) is 32.6 Å². The van der Waals surface area contributed by atoms with E-state index in [4.69, 9.17) is 5.26 Å². The Hall–Kier alpha value is -0.160. The standard InChI is InChI=1S/C8H15NS/c1-2-3-4-7-10-8-5-6-9/h2-5,7-8H2,1H3. The second-order valence-corrected chi connectivity index (χ2v) is 3.45. The van der Waals surface area contributed by atoms with Crippen molar-refractivity contribution in [3.05, 3.63) is 0 Å². The molecule has 0 saturated carbocycles. The van der Waals surface area contributed by atoms with Gasteiger partial charge >= 0.3 is 0 Å². The Morgan fingerprint density at radius 1 is 1.30 bits per heavy atom. The van der Waals surface area contributed by atoms with Crippen molar-refractivity contribution < 1.29 is 0 Å². The van der Waals surface area contributed by atoms with Crippen molar-refractivity contribution in [3.8, 4) is 6.07 Å². The van der Waals surface area contributed by atoms with Gasteiger partial charge in [0.05, 0.1) is 6.07 Å². The molecule has 0 aromatic rings. The molecular formula is C8H15NS. The molecule has 0 aromatic heterocycles. The molecule has 0 amide bonds. The minimum atomic E-state index is 0.705. The summed E-state index contributed by atoms with van der Waals surface area (Å²) < 4.78 is 0. The van der Waals surface area contributed by atoms with E-state index in [1.807, 2.05) is 11.8 Å². The molecule has 0 bridgehead atoms. The maximum atomic E-state index is 8.21. The van der Waals surface area contributed by atoms with Gasteiger partial charge in [-0.2, -0.15) is 17.0 Å². The summed E-state index contributed by atoms with van der Waals surface area (Å²) in [4.78, 5) is 0. The van der Waals surface area contributed by atoms with Crippen LogP contribution in [0.4, 0.5) is 0 Å². The van der Waals surface area contributed by atoms with Crippen LogP contribution in [0, 0.1) is 11.3 Å². The summed E-state index contributed by atoms with van der Waals surface area (Å²) >= 11 is 1.90. The second kappa shape index (κ2) is 8.84. The summed E-state index contributed by atoms with van der Waals surface area (Å²) in [6, 6.07) is 2.14. The van der Waals surface area contributed by atoms with Crippen LogP contribution < -0.4 is 0 Å². The van der Waals surface area contributed by atoms with Gasteiger partial charge in [-0.3, -0.25) is 0 Å². The average Bonchev–Trinajstić information content (AvgIpc) is 1.97. The van der Waals surface area contributed by atoms with Crippen LogP contribution >= 0.6 is 11.8 Å². The molecule has 0 aromatic carbocycles. The van der Waals surface area contributed by atoms with E-state index in [1.54, 1.807) is 0 Å². The van der Waals surface area contributed by atoms with E-state index >= 15 is 0 Å². The Morgan fingerprint density at radius 2 is 2.10 bits per heavy atom. The van der Waals surface area contributed by atoms with Gasteiger partial charge in [0.1, 0.15) is 0 Å². The molecule has 0 heterocycles. The molecule has 2 heteroatoms. The summed E-state index contributed by atoms with van der Waals surface area (Å²) in [6.07, 6.45) is 4.64. The molecule has 58 valence electrons. The first-order valence-corrected chi connectivity index (χ1v) is 5.02. The molecule has 0 rings (SSSR count). The van der Waals surface area contributed by atoms with Gasteiger partial charge in [0.15, 0.2) is 0 Å². The summed E-state index contributed by atoms with van der Waals surface area (Å²) in [5, 5.41) is 8.21. The van der Waals surface area contributed by atoms with Crippen LogP contribution in [0.25, 0.3) is 0 Å². The van der Waals surface area contributed by atoms with E-state index in [2.05, 4.69) is 13.0 Å². The summed E-state index contributed by atoms with van der Waals surface area (Å²) in [6.45, 7) is 2.21. The van der Waals surface area contributed by atoms with E-state index in [0.717, 1.165) is 5.75 Å². The van der Waals surface area contributed by atoms with Crippen molar-refractivity contribution in [2.75, 3.05) is 11.5 Å². The van der Waals surface area contributed by atoms with Crippen molar-refractivity contribution >= 4 is 11.8 Å². The first-order valence-electron chi connectivity index (χ1n) is 3.86. The van der Waals surface area contributed by atoms with Gasteiger partial charge in [0.25, 0.3) is 0 Å². The van der Waals surface area contributed by atoms with Crippen LogP contribution in [0.15, 0.2) is 0 Å². The predicted octanol–water partition coefficient (Wildman–Crippen LogP) is 2.82. The fourth-order valence-electron chi connectivity index (χ4n) is 0.674. The van der Waals surface area contributed by atoms with Gasteiger partial charge in [0.2, 0.25) is 0 Å². The van der Waals surface area contributed by atoms with E-state index in [9.17, 15) is 0 Å². The lowest BCUT2D eigenvalue weighted by molar-refractivity contribution is 0.778. The van der Waals surface area contributed by atoms with E-state index < -0.39 is 0 Å². The molecular weight excluding hydrogens is 142 g/mol. The number of nitriles is 1. The highest BCUT2D eigenvalue weighted by molar-refractivity contribution is 7.99. The second-order valence-electron chi connectivity index (χ2n) is 2.23. The molecule has 0 aliphatic rings. The molecule has 0 radical (unpaired) electrons. The van der Waals surface area contributed by atoms with Crippen molar-refractivity contribution in [2.24, 2.45) is 0 Å². The topological polar surface area (TPSA) is 23.8 Å². The Bertz CT molecular complexity index is 95.9. The third-order valence-corrected chi connectivity index (χ3v) is 2.32. The lowest BCUT2D eigenvalue weighted by Gasteiger charge is -1.95. The van der Waals surface area contributed by atoms with Crippen molar-refractivity contribution in [1.29, 1.82) is 5.26 Å². The molecule has 0 saturated heterocycles. The van der Waals surface area contributed by atoms with Crippen LogP contribution in [0.1, 0.15) is 32.6 Å². The molecule has 1 nitrogen and oxygen atoms in total. The minimum absolute atomic E-state index is 0.705. The quantitative estimate of drug-likeness (QED) is 0.553. The monoisotopic (exact) mass is 157 g/mol. The highest BCUT2D eigenvalue weighted by Gasteiger charge is 1.87. The average molecular weight is 157 g/mol. The van der Waals surface area contributed by atoms with Crippen LogP contribution in [0.3, 0.4) is 0 Å². The maximum Gasteiger partial charge on any atom is 0.0630 e. The minimum Gasteiger partial charge on any atom is -0.198 e. The molecule has 0 aliphatic carbocycles. The molecule has 0 aliphatic heterocycles. The van der Waals surface area contributed by atoms with Crippen LogP contribution in [-0.4, -0.2) is 11.5 Å². The summed E-state index contributed by atoms with van der Waals surface area (Å²) in [7, 11) is 0. The van der Waals surface area contributed by atoms with Gasteiger partial charge in [-0.25, -0.2) is 0 Å².